The highest BCUT2D eigenvalue weighted by molar-refractivity contribution is 9.10. The highest BCUT2D eigenvalue weighted by atomic mass is 79.9. The number of fused-ring (bicyclic) bond motifs is 2. The van der Waals surface area contributed by atoms with Crippen molar-refractivity contribution in [3.63, 3.8) is 0 Å². The molecule has 0 radical (unpaired) electrons. The zero-order chi connectivity index (χ0) is 26.7. The molecule has 37 heavy (non-hydrogen) atoms. The van der Waals surface area contributed by atoms with Crippen LogP contribution in [-0.4, -0.2) is 49.4 Å². The SMILES string of the molecule is CCn1c(=NC(=O)CS(=O)(=O)CC(=O)Nc2sc3c(c2C(=O)OC)CCCCC3)sc2cc(Br)ccc21. The number of thiazole rings is 1. The molecule has 0 unspecified atom stereocenters. The van der Waals surface area contributed by atoms with Gasteiger partial charge in [-0.25, -0.2) is 13.2 Å². The molecule has 13 heteroatoms. The van der Waals surface area contributed by atoms with E-state index >= 15 is 0 Å². The average Bonchev–Trinajstić information content (AvgIpc) is 3.23. The molecular formula is C24H26BrN3O6S3. The maximum Gasteiger partial charge on any atom is 0.341 e. The van der Waals surface area contributed by atoms with Gasteiger partial charge in [0.15, 0.2) is 14.6 Å². The van der Waals surface area contributed by atoms with Crippen molar-refractivity contribution >= 4 is 81.4 Å². The molecular weight excluding hydrogens is 602 g/mol. The summed E-state index contributed by atoms with van der Waals surface area (Å²) in [5.41, 5.74) is 2.04. The van der Waals surface area contributed by atoms with Gasteiger partial charge in [0.1, 0.15) is 16.5 Å². The summed E-state index contributed by atoms with van der Waals surface area (Å²) in [7, 11) is -2.83. The zero-order valence-electron chi connectivity index (χ0n) is 20.3. The summed E-state index contributed by atoms with van der Waals surface area (Å²) in [6, 6.07) is 5.69. The monoisotopic (exact) mass is 627 g/mol. The van der Waals surface area contributed by atoms with Crippen LogP contribution in [0.4, 0.5) is 5.00 Å². The lowest BCUT2D eigenvalue weighted by molar-refractivity contribution is -0.115. The number of hydrogen-bond acceptors (Lipinski definition) is 8. The lowest BCUT2D eigenvalue weighted by atomic mass is 10.1. The second-order valence-corrected chi connectivity index (χ2v) is 13.7. The average molecular weight is 629 g/mol. The number of hydrogen-bond donors (Lipinski definition) is 1. The van der Waals surface area contributed by atoms with Crippen molar-refractivity contribution in [2.24, 2.45) is 4.99 Å². The minimum Gasteiger partial charge on any atom is -0.465 e. The van der Waals surface area contributed by atoms with Crippen LogP contribution in [0.15, 0.2) is 27.7 Å². The van der Waals surface area contributed by atoms with Crippen molar-refractivity contribution < 1.29 is 27.5 Å². The van der Waals surface area contributed by atoms with Crippen molar-refractivity contribution in [2.45, 2.75) is 45.6 Å². The summed E-state index contributed by atoms with van der Waals surface area (Å²) in [6.07, 6.45) is 4.46. The topological polar surface area (TPSA) is 124 Å². The van der Waals surface area contributed by atoms with Gasteiger partial charge in [-0.2, -0.15) is 4.99 Å². The molecule has 1 aliphatic carbocycles. The number of halogens is 1. The van der Waals surface area contributed by atoms with Crippen LogP contribution in [0, 0.1) is 0 Å². The van der Waals surface area contributed by atoms with Gasteiger partial charge in [-0.3, -0.25) is 9.59 Å². The van der Waals surface area contributed by atoms with Crippen LogP contribution in [0.25, 0.3) is 10.2 Å². The third kappa shape index (κ3) is 6.39. The van der Waals surface area contributed by atoms with Crippen LogP contribution in [0.3, 0.4) is 0 Å². The predicted octanol–water partition coefficient (Wildman–Crippen LogP) is 4.08. The number of carbonyl (C=O) groups excluding carboxylic acids is 3. The number of sulfone groups is 1. The fourth-order valence-corrected chi connectivity index (χ4v) is 8.30. The van der Waals surface area contributed by atoms with Crippen molar-refractivity contribution in [1.29, 1.82) is 0 Å². The first-order chi connectivity index (χ1) is 17.6. The Morgan fingerprint density at radius 3 is 2.62 bits per heavy atom. The van der Waals surface area contributed by atoms with E-state index in [1.807, 2.05) is 29.7 Å². The molecule has 0 aliphatic heterocycles. The highest BCUT2D eigenvalue weighted by Crippen LogP contribution is 2.38. The summed E-state index contributed by atoms with van der Waals surface area (Å²) in [4.78, 5) is 43.1. The Morgan fingerprint density at radius 1 is 1.14 bits per heavy atom. The van der Waals surface area contributed by atoms with Crippen molar-refractivity contribution in [1.82, 2.24) is 4.57 Å². The second-order valence-electron chi connectivity index (χ2n) is 8.59. The first-order valence-electron chi connectivity index (χ1n) is 11.7. The number of aromatic nitrogens is 1. The molecule has 3 aromatic rings. The Kier molecular flexibility index (Phi) is 8.66. The number of amides is 2. The predicted molar refractivity (Wildman–Crippen MR) is 148 cm³/mol. The Morgan fingerprint density at radius 2 is 1.89 bits per heavy atom. The molecule has 0 atom stereocenters. The molecule has 2 heterocycles. The molecule has 0 fully saturated rings. The van der Waals surface area contributed by atoms with E-state index in [-0.39, 0.29) is 5.00 Å². The number of benzene rings is 1. The Hall–Kier alpha value is -2.35. The van der Waals surface area contributed by atoms with Crippen molar-refractivity contribution in [3.8, 4) is 0 Å². The van der Waals surface area contributed by atoms with E-state index < -0.39 is 39.1 Å². The normalized spacial score (nSPS) is 14.3. The largest absolute Gasteiger partial charge is 0.465 e. The van der Waals surface area contributed by atoms with E-state index in [9.17, 15) is 22.8 Å². The van der Waals surface area contributed by atoms with Gasteiger partial charge >= 0.3 is 5.97 Å². The number of methoxy groups -OCH3 is 1. The van der Waals surface area contributed by atoms with Gasteiger partial charge in [-0.1, -0.05) is 33.7 Å². The highest BCUT2D eigenvalue weighted by Gasteiger charge is 2.28. The first kappa shape index (κ1) is 27.7. The van der Waals surface area contributed by atoms with Gasteiger partial charge in [0, 0.05) is 15.9 Å². The zero-order valence-corrected chi connectivity index (χ0v) is 24.4. The van der Waals surface area contributed by atoms with Crippen LogP contribution in [0.1, 0.15) is 47.0 Å². The van der Waals surface area contributed by atoms with E-state index in [0.29, 0.717) is 23.3 Å². The quantitative estimate of drug-likeness (QED) is 0.311. The van der Waals surface area contributed by atoms with E-state index in [0.717, 1.165) is 50.8 Å². The summed E-state index contributed by atoms with van der Waals surface area (Å²) in [5, 5.41) is 2.86. The van der Waals surface area contributed by atoms with E-state index in [1.165, 1.54) is 29.8 Å². The van der Waals surface area contributed by atoms with E-state index in [4.69, 9.17) is 4.74 Å². The van der Waals surface area contributed by atoms with Gasteiger partial charge in [0.05, 0.1) is 22.9 Å². The molecule has 1 aliphatic rings. The molecule has 9 nitrogen and oxygen atoms in total. The number of aryl methyl sites for hydroxylation is 2. The van der Waals surface area contributed by atoms with Crippen LogP contribution >= 0.6 is 38.6 Å². The number of ether oxygens (including phenoxy) is 1. The minimum atomic E-state index is -4.10. The Balaban J connectivity index is 1.50. The molecule has 1 N–H and O–H groups in total. The van der Waals surface area contributed by atoms with Crippen molar-refractivity contribution in [3.05, 3.63) is 43.5 Å². The molecule has 0 bridgehead atoms. The van der Waals surface area contributed by atoms with Gasteiger partial charge in [-0.15, -0.1) is 11.3 Å². The fraction of sp³-hybridized carbons (Fsp3) is 0.417. The molecule has 2 amide bonds. The summed E-state index contributed by atoms with van der Waals surface area (Å²) >= 11 is 5.98. The summed E-state index contributed by atoms with van der Waals surface area (Å²) in [5.74, 6) is -4.02. The Bertz CT molecular complexity index is 1550. The van der Waals surface area contributed by atoms with Crippen LogP contribution < -0.4 is 10.1 Å². The number of esters is 1. The maximum atomic E-state index is 12.7. The van der Waals surface area contributed by atoms with Gasteiger partial charge < -0.3 is 14.6 Å². The molecule has 4 rings (SSSR count). The molecule has 2 aromatic heterocycles. The molecule has 1 aromatic carbocycles. The number of anilines is 1. The third-order valence-electron chi connectivity index (χ3n) is 5.94. The van der Waals surface area contributed by atoms with Crippen LogP contribution in [0.2, 0.25) is 0 Å². The van der Waals surface area contributed by atoms with Gasteiger partial charge in [0.25, 0.3) is 5.91 Å². The van der Waals surface area contributed by atoms with Crippen molar-refractivity contribution in [2.75, 3.05) is 23.9 Å². The van der Waals surface area contributed by atoms with E-state index in [2.05, 4.69) is 26.2 Å². The lowest BCUT2D eigenvalue weighted by Gasteiger charge is -2.07. The summed E-state index contributed by atoms with van der Waals surface area (Å²) in [6.45, 7) is 2.46. The summed E-state index contributed by atoms with van der Waals surface area (Å²) < 4.78 is 33.9. The van der Waals surface area contributed by atoms with Crippen LogP contribution in [0.5, 0.6) is 0 Å². The number of thiophene rings is 1. The Labute approximate surface area is 230 Å². The number of rotatable bonds is 7. The fourth-order valence-electron chi connectivity index (χ4n) is 4.33. The second kappa shape index (κ2) is 11.6. The van der Waals surface area contributed by atoms with Gasteiger partial charge in [0.2, 0.25) is 5.91 Å². The number of nitrogens with zero attached hydrogens (tertiary/aromatic N) is 2. The number of carbonyl (C=O) groups is 3. The third-order valence-corrected chi connectivity index (χ3v) is 10.1. The molecule has 0 saturated carbocycles. The van der Waals surface area contributed by atoms with Crippen LogP contribution in [-0.2, 0) is 43.5 Å². The first-order valence-corrected chi connectivity index (χ1v) is 16.0. The standard InChI is InChI=1S/C24H26BrN3O6S3/c1-3-28-16-10-9-14(25)11-18(16)36-24(28)27-20(30)13-37(32,33)12-19(29)26-22-21(23(31)34-2)15-7-5-4-6-8-17(15)35-22/h9-11H,3-8,12-13H2,1-2H3,(H,26,29). The van der Waals surface area contributed by atoms with Gasteiger partial charge in [-0.05, 0) is 56.4 Å². The molecule has 198 valence electrons. The molecule has 0 saturated heterocycles. The number of nitrogens with one attached hydrogen (secondary N) is 1. The smallest absolute Gasteiger partial charge is 0.341 e. The lowest BCUT2D eigenvalue weighted by Crippen LogP contribution is -2.28. The van der Waals surface area contributed by atoms with E-state index in [1.54, 1.807) is 0 Å². The minimum absolute atomic E-state index is 0.287. The molecule has 0 spiro atoms. The maximum absolute atomic E-state index is 12.7.